The number of pyridine rings is 1. The molecule has 0 radical (unpaired) electrons. The summed E-state index contributed by atoms with van der Waals surface area (Å²) in [6, 6.07) is 4.36. The number of ether oxygens (including phenoxy) is 1. The number of hydrogen-bond acceptors (Lipinski definition) is 4. The van der Waals surface area contributed by atoms with Crippen LogP contribution in [0.4, 0.5) is 0 Å². The smallest absolute Gasteiger partial charge is 0.270 e. The van der Waals surface area contributed by atoms with Crippen molar-refractivity contribution in [3.05, 3.63) is 35.3 Å². The summed E-state index contributed by atoms with van der Waals surface area (Å²) in [4.78, 5) is 19.7. The van der Waals surface area contributed by atoms with Crippen LogP contribution in [0.25, 0.3) is 5.65 Å². The van der Waals surface area contributed by atoms with Crippen molar-refractivity contribution >= 4 is 11.6 Å². The van der Waals surface area contributed by atoms with Gasteiger partial charge in [0.25, 0.3) is 5.91 Å². The topological polar surface area (TPSA) is 58.9 Å². The van der Waals surface area contributed by atoms with Crippen molar-refractivity contribution < 1.29 is 9.53 Å². The van der Waals surface area contributed by atoms with Crippen LogP contribution in [0, 0.1) is 13.8 Å². The van der Waals surface area contributed by atoms with Gasteiger partial charge in [-0.25, -0.2) is 4.98 Å². The molecule has 1 saturated heterocycles. The molecule has 1 aliphatic rings. The predicted octanol–water partition coefficient (Wildman–Crippen LogP) is 1.79. The second-order valence-electron chi connectivity index (χ2n) is 6.88. The number of aromatic nitrogens is 2. The summed E-state index contributed by atoms with van der Waals surface area (Å²) in [7, 11) is 1.70. The third kappa shape index (κ3) is 3.03. The third-order valence-electron chi connectivity index (χ3n) is 4.80. The summed E-state index contributed by atoms with van der Waals surface area (Å²) >= 11 is 0. The van der Waals surface area contributed by atoms with E-state index in [-0.39, 0.29) is 18.1 Å². The molecule has 3 heterocycles. The minimum Gasteiger partial charge on any atom is -0.378 e. The molecular weight excluding hydrogens is 304 g/mol. The van der Waals surface area contributed by atoms with Gasteiger partial charge >= 0.3 is 0 Å². The third-order valence-corrected chi connectivity index (χ3v) is 4.80. The Morgan fingerprint density at radius 1 is 1.33 bits per heavy atom. The van der Waals surface area contributed by atoms with Crippen molar-refractivity contribution in [1.82, 2.24) is 19.6 Å². The Kier molecular flexibility index (Phi) is 4.60. The Hall–Kier alpha value is -1.92. The Morgan fingerprint density at radius 2 is 2.08 bits per heavy atom. The first kappa shape index (κ1) is 16.9. The number of likely N-dealkylation sites (tertiary alicyclic amines) is 1. The Labute approximate surface area is 142 Å². The fourth-order valence-corrected chi connectivity index (χ4v) is 3.38. The lowest BCUT2D eigenvalue weighted by Crippen LogP contribution is -2.44. The summed E-state index contributed by atoms with van der Waals surface area (Å²) in [6.07, 6.45) is 1.96. The van der Waals surface area contributed by atoms with E-state index in [4.69, 9.17) is 4.74 Å². The number of amides is 1. The standard InChI is InChI=1S/C18H26N4O2/c1-11(2)21-9-14(15(10-21)24-5)20-18(23)17-13(4)19-16-7-6-12(3)8-22(16)17/h6-8,11,14-15H,9-10H2,1-5H3,(H,20,23). The molecule has 1 amide bonds. The number of aryl methyl sites for hydroxylation is 2. The van der Waals surface area contributed by atoms with Gasteiger partial charge in [0.15, 0.2) is 0 Å². The van der Waals surface area contributed by atoms with E-state index in [0.717, 1.165) is 30.0 Å². The van der Waals surface area contributed by atoms with Gasteiger partial charge in [-0.3, -0.25) is 14.1 Å². The summed E-state index contributed by atoms with van der Waals surface area (Å²) < 4.78 is 7.45. The SMILES string of the molecule is COC1CN(C(C)C)CC1NC(=O)c1c(C)nc2ccc(C)cn12. The van der Waals surface area contributed by atoms with Crippen molar-refractivity contribution in [3.8, 4) is 0 Å². The van der Waals surface area contributed by atoms with Gasteiger partial charge < -0.3 is 10.1 Å². The van der Waals surface area contributed by atoms with E-state index < -0.39 is 0 Å². The van der Waals surface area contributed by atoms with Crippen LogP contribution >= 0.6 is 0 Å². The van der Waals surface area contributed by atoms with Crippen molar-refractivity contribution in [2.24, 2.45) is 0 Å². The highest BCUT2D eigenvalue weighted by Crippen LogP contribution is 2.18. The highest BCUT2D eigenvalue weighted by molar-refractivity contribution is 5.95. The molecule has 6 nitrogen and oxygen atoms in total. The molecule has 2 aromatic rings. The highest BCUT2D eigenvalue weighted by atomic mass is 16.5. The fourth-order valence-electron chi connectivity index (χ4n) is 3.38. The number of carbonyl (C=O) groups excluding carboxylic acids is 1. The molecule has 2 atom stereocenters. The van der Waals surface area contributed by atoms with E-state index in [9.17, 15) is 4.79 Å². The molecular formula is C18H26N4O2. The van der Waals surface area contributed by atoms with E-state index in [0.29, 0.717) is 11.7 Å². The van der Waals surface area contributed by atoms with Gasteiger partial charge in [-0.05, 0) is 39.3 Å². The first-order valence-corrected chi connectivity index (χ1v) is 8.43. The minimum absolute atomic E-state index is 0.0116. The van der Waals surface area contributed by atoms with Crippen LogP contribution in [0.3, 0.4) is 0 Å². The lowest BCUT2D eigenvalue weighted by Gasteiger charge is -2.20. The summed E-state index contributed by atoms with van der Waals surface area (Å²) in [5, 5.41) is 3.15. The molecule has 1 N–H and O–H groups in total. The van der Waals surface area contributed by atoms with Gasteiger partial charge in [0.05, 0.1) is 17.8 Å². The van der Waals surface area contributed by atoms with E-state index in [1.807, 2.05) is 36.6 Å². The number of methoxy groups -OCH3 is 1. The average Bonchev–Trinajstić information content (AvgIpc) is 3.07. The molecule has 24 heavy (non-hydrogen) atoms. The molecule has 0 bridgehead atoms. The maximum Gasteiger partial charge on any atom is 0.270 e. The largest absolute Gasteiger partial charge is 0.378 e. The van der Waals surface area contributed by atoms with Gasteiger partial charge in [0.1, 0.15) is 11.3 Å². The van der Waals surface area contributed by atoms with Gasteiger partial charge in [-0.15, -0.1) is 0 Å². The van der Waals surface area contributed by atoms with Crippen molar-refractivity contribution in [3.63, 3.8) is 0 Å². The van der Waals surface area contributed by atoms with Crippen molar-refractivity contribution in [1.29, 1.82) is 0 Å². The quantitative estimate of drug-likeness (QED) is 0.928. The number of carbonyl (C=O) groups is 1. The second kappa shape index (κ2) is 6.53. The number of nitrogens with zero attached hydrogens (tertiary/aromatic N) is 3. The molecule has 0 aromatic carbocycles. The number of fused-ring (bicyclic) bond motifs is 1. The molecule has 0 spiro atoms. The first-order valence-electron chi connectivity index (χ1n) is 8.43. The molecule has 2 aromatic heterocycles. The normalized spacial score (nSPS) is 21.8. The number of rotatable bonds is 4. The monoisotopic (exact) mass is 330 g/mol. The van der Waals surface area contributed by atoms with E-state index in [2.05, 4.69) is 29.0 Å². The zero-order chi connectivity index (χ0) is 17.4. The first-order chi connectivity index (χ1) is 11.4. The van der Waals surface area contributed by atoms with Crippen molar-refractivity contribution in [2.75, 3.05) is 20.2 Å². The van der Waals surface area contributed by atoms with E-state index >= 15 is 0 Å². The lowest BCUT2D eigenvalue weighted by atomic mass is 10.2. The molecule has 2 unspecified atom stereocenters. The van der Waals surface area contributed by atoms with Gasteiger partial charge in [-0.1, -0.05) is 6.07 Å². The number of hydrogen-bond donors (Lipinski definition) is 1. The molecule has 0 aliphatic carbocycles. The maximum atomic E-state index is 12.9. The predicted molar refractivity (Wildman–Crippen MR) is 93.4 cm³/mol. The molecule has 1 aliphatic heterocycles. The number of nitrogens with one attached hydrogen (secondary N) is 1. The average molecular weight is 330 g/mol. The Morgan fingerprint density at radius 3 is 2.75 bits per heavy atom. The molecule has 3 rings (SSSR count). The van der Waals surface area contributed by atoms with Crippen LogP contribution in [0.15, 0.2) is 18.3 Å². The lowest BCUT2D eigenvalue weighted by molar-refractivity contribution is 0.0749. The van der Waals surface area contributed by atoms with Crippen LogP contribution < -0.4 is 5.32 Å². The van der Waals surface area contributed by atoms with Crippen molar-refractivity contribution in [2.45, 2.75) is 45.9 Å². The Bertz CT molecular complexity index is 753. The zero-order valence-electron chi connectivity index (χ0n) is 15.0. The van der Waals surface area contributed by atoms with Crippen LogP contribution in [0.1, 0.15) is 35.6 Å². The minimum atomic E-state index is -0.0942. The van der Waals surface area contributed by atoms with Crippen LogP contribution in [0.5, 0.6) is 0 Å². The highest BCUT2D eigenvalue weighted by Gasteiger charge is 2.35. The summed E-state index contributed by atoms with van der Waals surface area (Å²) in [5.74, 6) is -0.0942. The van der Waals surface area contributed by atoms with Gasteiger partial charge in [-0.2, -0.15) is 0 Å². The Balaban J connectivity index is 1.85. The molecule has 0 saturated carbocycles. The molecule has 6 heteroatoms. The van der Waals surface area contributed by atoms with Gasteiger partial charge in [0.2, 0.25) is 0 Å². The van der Waals surface area contributed by atoms with Crippen LogP contribution in [0.2, 0.25) is 0 Å². The fraction of sp³-hybridized carbons (Fsp3) is 0.556. The molecule has 1 fully saturated rings. The van der Waals surface area contributed by atoms with Crippen LogP contribution in [-0.4, -0.2) is 58.6 Å². The van der Waals surface area contributed by atoms with Crippen LogP contribution in [-0.2, 0) is 4.74 Å². The van der Waals surface area contributed by atoms with E-state index in [1.165, 1.54) is 0 Å². The van der Waals surface area contributed by atoms with E-state index in [1.54, 1.807) is 7.11 Å². The maximum absolute atomic E-state index is 12.9. The number of imidazole rings is 1. The summed E-state index contributed by atoms with van der Waals surface area (Å²) in [5.41, 5.74) is 3.23. The zero-order valence-corrected chi connectivity index (χ0v) is 15.0. The summed E-state index contributed by atoms with van der Waals surface area (Å²) in [6.45, 7) is 9.85. The second-order valence-corrected chi connectivity index (χ2v) is 6.88. The van der Waals surface area contributed by atoms with Gasteiger partial charge in [0, 0.05) is 32.4 Å². The molecule has 130 valence electrons.